The monoisotopic (exact) mass is 290 g/mol. The second kappa shape index (κ2) is 5.70. The topological polar surface area (TPSA) is 111 Å². The Kier molecular flexibility index (Phi) is 3.99. The van der Waals surface area contributed by atoms with Gasteiger partial charge in [0.1, 0.15) is 0 Å². The number of primary amides is 1. The number of thiazole rings is 1. The summed E-state index contributed by atoms with van der Waals surface area (Å²) in [5.74, 6) is -0.686. The van der Waals surface area contributed by atoms with Gasteiger partial charge in [0.05, 0.1) is 12.1 Å². The van der Waals surface area contributed by atoms with E-state index in [0.717, 1.165) is 5.56 Å². The third-order valence-corrected chi connectivity index (χ3v) is 3.42. The average molecular weight is 290 g/mol. The first-order valence-electron chi connectivity index (χ1n) is 5.86. The number of aryl methyl sites for hydroxylation is 1. The number of hydrogen-bond acceptors (Lipinski definition) is 5. The second-order valence-electron chi connectivity index (χ2n) is 4.30. The van der Waals surface area contributed by atoms with Crippen LogP contribution in [0.3, 0.4) is 0 Å². The third-order valence-electron chi connectivity index (χ3n) is 2.70. The summed E-state index contributed by atoms with van der Waals surface area (Å²) in [5, 5.41) is 4.95. The molecule has 20 heavy (non-hydrogen) atoms. The first-order chi connectivity index (χ1) is 9.45. The quantitative estimate of drug-likeness (QED) is 0.788. The van der Waals surface area contributed by atoms with Crippen LogP contribution in [0.15, 0.2) is 23.6 Å². The predicted octanol–water partition coefficient (Wildman–Crippen LogP) is 1.31. The van der Waals surface area contributed by atoms with Crippen molar-refractivity contribution in [3.05, 3.63) is 40.4 Å². The molecular formula is C13H14N4O2S. The van der Waals surface area contributed by atoms with Gasteiger partial charge in [0.25, 0.3) is 0 Å². The fourth-order valence-corrected chi connectivity index (χ4v) is 2.28. The summed E-state index contributed by atoms with van der Waals surface area (Å²) in [7, 11) is 0. The first-order valence-corrected chi connectivity index (χ1v) is 6.74. The zero-order valence-electron chi connectivity index (χ0n) is 10.8. The highest BCUT2D eigenvalue weighted by molar-refractivity contribution is 7.13. The largest absolute Gasteiger partial charge is 0.375 e. The van der Waals surface area contributed by atoms with E-state index in [4.69, 9.17) is 11.5 Å². The van der Waals surface area contributed by atoms with E-state index in [1.54, 1.807) is 30.5 Å². The van der Waals surface area contributed by atoms with Crippen molar-refractivity contribution in [3.63, 3.8) is 0 Å². The lowest BCUT2D eigenvalue weighted by atomic mass is 10.1. The van der Waals surface area contributed by atoms with Gasteiger partial charge in [-0.1, -0.05) is 0 Å². The van der Waals surface area contributed by atoms with Crippen molar-refractivity contribution in [2.75, 3.05) is 11.1 Å². The normalized spacial score (nSPS) is 10.2. The molecule has 0 aliphatic heterocycles. The molecule has 2 aromatic rings. The molecule has 0 fully saturated rings. The molecule has 0 unspecified atom stereocenters. The number of hydrogen-bond donors (Lipinski definition) is 3. The molecule has 2 rings (SSSR count). The number of carbonyl (C=O) groups excluding carboxylic acids is 2. The van der Waals surface area contributed by atoms with Crippen LogP contribution in [0.4, 0.5) is 10.8 Å². The fraction of sp³-hybridized carbons (Fsp3) is 0.154. The Bertz CT molecular complexity index is 666. The third kappa shape index (κ3) is 3.33. The van der Waals surface area contributed by atoms with Crippen LogP contribution in [0.5, 0.6) is 0 Å². The van der Waals surface area contributed by atoms with E-state index in [9.17, 15) is 9.59 Å². The van der Waals surface area contributed by atoms with Crippen LogP contribution in [-0.4, -0.2) is 16.8 Å². The van der Waals surface area contributed by atoms with Gasteiger partial charge >= 0.3 is 0 Å². The number of rotatable bonds is 4. The molecule has 0 atom stereocenters. The average Bonchev–Trinajstić information content (AvgIpc) is 2.77. The van der Waals surface area contributed by atoms with Crippen molar-refractivity contribution in [1.29, 1.82) is 0 Å². The highest BCUT2D eigenvalue weighted by Gasteiger charge is 2.10. The van der Waals surface area contributed by atoms with E-state index in [0.29, 0.717) is 22.1 Å². The lowest BCUT2D eigenvalue weighted by Gasteiger charge is -2.08. The maximum atomic E-state index is 11.9. The zero-order chi connectivity index (χ0) is 14.7. The molecule has 1 heterocycles. The minimum Gasteiger partial charge on any atom is -0.375 e. The zero-order valence-corrected chi connectivity index (χ0v) is 11.7. The number of amides is 2. The van der Waals surface area contributed by atoms with Crippen LogP contribution in [-0.2, 0) is 11.2 Å². The number of nitrogens with zero attached hydrogens (tertiary/aromatic N) is 1. The van der Waals surface area contributed by atoms with Crippen LogP contribution >= 0.6 is 11.3 Å². The van der Waals surface area contributed by atoms with E-state index >= 15 is 0 Å². The Labute approximate surface area is 119 Å². The molecule has 0 aliphatic rings. The minimum atomic E-state index is -0.496. The number of carbonyl (C=O) groups is 2. The number of benzene rings is 1. The maximum absolute atomic E-state index is 11.9. The van der Waals surface area contributed by atoms with Crippen molar-refractivity contribution >= 4 is 34.0 Å². The van der Waals surface area contributed by atoms with Gasteiger partial charge in [-0.05, 0) is 30.7 Å². The molecule has 5 N–H and O–H groups in total. The second-order valence-corrected chi connectivity index (χ2v) is 5.19. The fourth-order valence-electron chi connectivity index (χ4n) is 1.72. The number of nitrogens with two attached hydrogens (primary N) is 2. The summed E-state index contributed by atoms with van der Waals surface area (Å²) in [4.78, 5) is 27.0. The van der Waals surface area contributed by atoms with E-state index in [1.165, 1.54) is 11.3 Å². The van der Waals surface area contributed by atoms with Gasteiger partial charge in [0.2, 0.25) is 11.8 Å². The molecule has 2 amide bonds. The van der Waals surface area contributed by atoms with Crippen molar-refractivity contribution in [2.45, 2.75) is 13.3 Å². The Balaban J connectivity index is 2.06. The summed E-state index contributed by atoms with van der Waals surface area (Å²) in [5.41, 5.74) is 13.2. The summed E-state index contributed by atoms with van der Waals surface area (Å²) in [6.45, 7) is 1.79. The van der Waals surface area contributed by atoms with Gasteiger partial charge in [-0.2, -0.15) is 0 Å². The van der Waals surface area contributed by atoms with Gasteiger partial charge in [-0.3, -0.25) is 9.59 Å². The van der Waals surface area contributed by atoms with Crippen LogP contribution in [0.1, 0.15) is 21.6 Å². The summed E-state index contributed by atoms with van der Waals surface area (Å²) in [6.07, 6.45) is 0.157. The van der Waals surface area contributed by atoms with Gasteiger partial charge in [-0.15, -0.1) is 11.3 Å². The molecule has 7 heteroatoms. The molecule has 0 spiro atoms. The molecule has 0 saturated heterocycles. The van der Waals surface area contributed by atoms with Gasteiger partial charge in [0, 0.05) is 16.6 Å². The number of aromatic nitrogens is 1. The minimum absolute atomic E-state index is 0.157. The lowest BCUT2D eigenvalue weighted by Crippen LogP contribution is -2.16. The highest BCUT2D eigenvalue weighted by atomic mass is 32.1. The first kappa shape index (κ1) is 14.0. The van der Waals surface area contributed by atoms with Crippen molar-refractivity contribution < 1.29 is 9.59 Å². The van der Waals surface area contributed by atoms with E-state index < -0.39 is 5.91 Å². The summed E-state index contributed by atoms with van der Waals surface area (Å²) < 4.78 is 0. The summed E-state index contributed by atoms with van der Waals surface area (Å²) in [6, 6.07) is 4.87. The maximum Gasteiger partial charge on any atom is 0.248 e. The highest BCUT2D eigenvalue weighted by Crippen LogP contribution is 2.17. The Morgan fingerprint density at radius 3 is 2.70 bits per heavy atom. The molecule has 1 aromatic carbocycles. The van der Waals surface area contributed by atoms with Crippen molar-refractivity contribution in [2.24, 2.45) is 5.73 Å². The summed E-state index contributed by atoms with van der Waals surface area (Å²) >= 11 is 1.30. The van der Waals surface area contributed by atoms with Crippen LogP contribution in [0.25, 0.3) is 0 Å². The van der Waals surface area contributed by atoms with Gasteiger partial charge < -0.3 is 16.8 Å². The molecule has 6 nitrogen and oxygen atoms in total. The number of anilines is 2. The molecular weight excluding hydrogens is 276 g/mol. The smallest absolute Gasteiger partial charge is 0.248 e. The van der Waals surface area contributed by atoms with Gasteiger partial charge in [-0.25, -0.2) is 4.98 Å². The SMILES string of the molecule is Cc1cc(C(N)=O)ccc1NC(=O)Cc1csc(N)n1. The van der Waals surface area contributed by atoms with Crippen LogP contribution in [0, 0.1) is 6.92 Å². The molecule has 104 valence electrons. The molecule has 1 aromatic heterocycles. The van der Waals surface area contributed by atoms with E-state index in [1.807, 2.05) is 0 Å². The predicted molar refractivity (Wildman–Crippen MR) is 78.6 cm³/mol. The van der Waals surface area contributed by atoms with Crippen LogP contribution < -0.4 is 16.8 Å². The van der Waals surface area contributed by atoms with E-state index in [2.05, 4.69) is 10.3 Å². The lowest BCUT2D eigenvalue weighted by molar-refractivity contribution is -0.115. The number of nitrogen functional groups attached to an aromatic ring is 1. The Morgan fingerprint density at radius 1 is 1.40 bits per heavy atom. The Morgan fingerprint density at radius 2 is 2.15 bits per heavy atom. The van der Waals surface area contributed by atoms with Crippen molar-refractivity contribution in [1.82, 2.24) is 4.98 Å². The molecule has 0 radical (unpaired) electrons. The Hall–Kier alpha value is -2.41. The molecule has 0 aliphatic carbocycles. The number of nitrogens with one attached hydrogen (secondary N) is 1. The van der Waals surface area contributed by atoms with Crippen molar-refractivity contribution in [3.8, 4) is 0 Å². The molecule has 0 saturated carbocycles. The molecule has 0 bridgehead atoms. The van der Waals surface area contributed by atoms with Crippen LogP contribution in [0.2, 0.25) is 0 Å². The van der Waals surface area contributed by atoms with Gasteiger partial charge in [0.15, 0.2) is 5.13 Å². The standard InChI is InChI=1S/C13H14N4O2S/c1-7-4-8(12(14)19)2-3-10(7)17-11(18)5-9-6-20-13(15)16-9/h2-4,6H,5H2,1H3,(H2,14,19)(H2,15,16)(H,17,18). The van der Waals surface area contributed by atoms with E-state index in [-0.39, 0.29) is 12.3 Å².